The molecule has 8 unspecified atom stereocenters. The number of aliphatic hydroxyl groups excluding tert-OH is 3. The fraction of sp³-hybridized carbons (Fsp3) is 0.556. The maximum absolute atomic E-state index is 15.0. The summed E-state index contributed by atoms with van der Waals surface area (Å²) in [6, 6.07) is 0. The predicted octanol–water partition coefficient (Wildman–Crippen LogP) is 0.749. The fourth-order valence-electron chi connectivity index (χ4n) is 10.7. The number of ether oxygens (including phenoxy) is 4. The van der Waals surface area contributed by atoms with Gasteiger partial charge in [0.25, 0.3) is 11.8 Å². The highest BCUT2D eigenvalue weighted by Crippen LogP contribution is 2.71. The van der Waals surface area contributed by atoms with E-state index in [-0.39, 0.29) is 35.0 Å². The molecule has 130 heavy (non-hydrogen) atoms. The van der Waals surface area contributed by atoms with E-state index in [1.165, 1.54) is 24.6 Å². The number of carbonyl (C=O) groups excluding carboxylic acids is 1. The number of hydrogen-bond donors (Lipinski definition) is 24. The summed E-state index contributed by atoms with van der Waals surface area (Å²) in [6.45, 7) is 7.84. The van der Waals surface area contributed by atoms with Crippen LogP contribution in [0.25, 0.3) is 20.9 Å². The van der Waals surface area contributed by atoms with Gasteiger partial charge in [0.2, 0.25) is 0 Å². The van der Waals surface area contributed by atoms with Gasteiger partial charge < -0.3 is 160 Å². The number of halogens is 7. The summed E-state index contributed by atoms with van der Waals surface area (Å²) >= 11 is 5.76. The van der Waals surface area contributed by atoms with Gasteiger partial charge in [-0.1, -0.05) is 36.5 Å². The highest BCUT2D eigenvalue weighted by Gasteiger charge is 2.67. The lowest BCUT2D eigenvalue weighted by Gasteiger charge is -2.36. The molecule has 8 heterocycles. The second kappa shape index (κ2) is 43.2. The van der Waals surface area contributed by atoms with E-state index in [4.69, 9.17) is 108 Å². The van der Waals surface area contributed by atoms with Crippen LogP contribution in [-0.4, -0.2) is 283 Å². The highest BCUT2D eigenvalue weighted by molar-refractivity contribution is 7.68. The van der Waals surface area contributed by atoms with Crippen LogP contribution in [0.15, 0.2) is 124 Å². The number of nitrogens with zero attached hydrogens (tertiary/aromatic N) is 13. The van der Waals surface area contributed by atoms with Crippen LogP contribution in [-0.2, 0) is 131 Å². The molecule has 8 rings (SSSR count). The standard InChI is InChI=1S/C12H20FN6O12P3.C11H18ClFN3O12P3.C11H17F2N6O12P3.C11H17F2N2O13P3/c1-7-17-8(14)2-5-19(7)11-9(13)10(20)12(29-11,3-4-16-18-15)6-28-33(24,25)31-34(26,27)30-32(21,22)23;1-6-15-7(14)2-3-16(6)10-8(13)9(17)11(4-12,26-10)5-25-30(21,22)28-31(23,24)27-29(18,19)20;1-5-17-9(14)6(12)2-19(5)10-7(13)8(20)11(29-10,3-16-18-15)4-28-33(24,25)31-34(26,27)30-32(21,22)23;1-6-14-7(16)3-4-15(6)9-10(2,17)8(12)11(13,26-9)5-25-30(21,22)28-31(23,24)27-29(18,19)20/h2,5,9-11,20H,1,3-4,6H2,(H2,14,17)(H,24,25)(H,26,27)(H2,21,22,23);2-3,8-10,17H,1,4-5H2,(H2,14,15)(H,21,22)(H,23,24)(H2,18,19,20);2,7-8,10,20H,1,3-4H2,(H2,14,17)(H,24,25)(H,26,27)(H2,21,22,23);3-4,8-9,17H,1,5H2,2H3,(H,14,16)(H,21,22)(H,23,24)(H2,18,19,20)/t9-,10+,11-,12-;8-,9+,10-,11-;7-,8+,10-,11-;8-,9+,10+,11+/m1110/s1. The van der Waals surface area contributed by atoms with E-state index in [2.05, 4.69) is 119 Å². The normalized spacial score (nSPS) is 32.6. The van der Waals surface area contributed by atoms with Gasteiger partial charge in [0.15, 0.2) is 61.3 Å². The molecule has 85 heteroatoms. The molecule has 0 aromatic rings. The number of nitrogens with two attached hydrogens (primary N) is 3. The SMILES string of the molecule is C=C1N=C(N)C(F)=CN1[C@@H]1O[C@](CN=[N+]=[N-])(COP(=O)(O)OP(=O)(O)OP(=O)(O)O)[C@@H](O)[C@H]1F.C=C1N=C(N)C=CN1[C@@H]1O[C@](CCN=[N+]=[N-])(COP(=O)(O)OP(=O)(O)OP(=O)(O)O)[C@@H](O)[C@H]1F.C=C1N=C(N)C=CN1[C@@H]1O[C@](CCl)(COP(=O)(O)OP(=O)(O)OP(=O)(O)O)[C@@H](O)[C@H]1F.C=C1NC(=O)C=CN1[C@@H]1O[C@](F)(COP(=O)(O)OP(=O)(O)OP(=O)(O)O)[C@@H](F)[C@@]1(C)O. The molecule has 0 saturated carbocycles. The molecule has 0 aromatic heterocycles. The molecule has 0 bridgehead atoms. The van der Waals surface area contributed by atoms with Gasteiger partial charge in [-0.15, -0.1) is 11.6 Å². The molecule has 24 atom stereocenters. The molecule has 8 aliphatic rings. The number of nitrogens with one attached hydrogen (secondary N) is 1. The second-order valence-electron chi connectivity index (χ2n) is 25.7. The van der Waals surface area contributed by atoms with Gasteiger partial charge in [-0.05, 0) is 36.6 Å². The van der Waals surface area contributed by atoms with Crippen molar-refractivity contribution in [1.82, 2.24) is 24.9 Å². The summed E-state index contributed by atoms with van der Waals surface area (Å²) < 4.78 is 291. The molecule has 8 aliphatic heterocycles. The van der Waals surface area contributed by atoms with Gasteiger partial charge in [0.1, 0.15) is 82.3 Å². The number of aliphatic hydroxyl groups is 4. The van der Waals surface area contributed by atoms with Crippen molar-refractivity contribution >= 4 is 129 Å². The zero-order valence-corrected chi connectivity index (χ0v) is 75.2. The first kappa shape index (κ1) is 115. The summed E-state index contributed by atoms with van der Waals surface area (Å²) in [7, 11) is -68.6. The maximum Gasteiger partial charge on any atom is 0.490 e. The highest BCUT2D eigenvalue weighted by atomic mass is 35.5. The van der Waals surface area contributed by atoms with E-state index >= 15 is 8.78 Å². The number of amidine groups is 3. The Hall–Kier alpha value is -5.19. The van der Waals surface area contributed by atoms with Gasteiger partial charge in [-0.2, -0.15) is 34.5 Å². The molecule has 4 saturated heterocycles. The van der Waals surface area contributed by atoms with E-state index in [0.717, 1.165) is 33.9 Å². The third-order valence-electron chi connectivity index (χ3n) is 15.9. The summed E-state index contributed by atoms with van der Waals surface area (Å²) in [5.41, 5.74) is 23.9. The minimum Gasteiger partial charge on any atom is -0.387 e. The fourth-order valence-corrected chi connectivity index (χ4v) is 23.3. The van der Waals surface area contributed by atoms with Crippen LogP contribution in [0.2, 0.25) is 0 Å². The number of hydrogen-bond acceptors (Lipinski definition) is 45. The van der Waals surface area contributed by atoms with Gasteiger partial charge in [-0.3, -0.25) is 22.9 Å². The molecule has 0 aliphatic carbocycles. The zero-order chi connectivity index (χ0) is 99.9. The lowest BCUT2D eigenvalue weighted by molar-refractivity contribution is -0.199. The van der Waals surface area contributed by atoms with Gasteiger partial charge in [0, 0.05) is 47.2 Å². The Morgan fingerprint density at radius 1 is 0.508 bits per heavy atom. The lowest BCUT2D eigenvalue weighted by Crippen LogP contribution is -2.53. The molecular formula is C45H72ClF6N17O49P12. The molecule has 0 radical (unpaired) electrons. The molecule has 4 fully saturated rings. The summed E-state index contributed by atoms with van der Waals surface area (Å²) in [4.78, 5) is 174. The minimum atomic E-state index is -5.88. The number of phosphoric ester groups is 4. The number of azide groups is 2. The third kappa shape index (κ3) is 32.8. The Bertz CT molecular complexity index is 5280. The van der Waals surface area contributed by atoms with Gasteiger partial charge in [0.05, 0.1) is 32.2 Å². The van der Waals surface area contributed by atoms with E-state index in [9.17, 15) is 127 Å². The predicted molar refractivity (Wildman–Crippen MR) is 406 cm³/mol. The summed E-state index contributed by atoms with van der Waals surface area (Å²) in [5, 5.41) is 50.0. The Labute approximate surface area is 724 Å². The van der Waals surface area contributed by atoms with Crippen LogP contribution in [0.1, 0.15) is 13.3 Å². The van der Waals surface area contributed by atoms with Crippen molar-refractivity contribution in [2.24, 2.45) is 42.4 Å². The van der Waals surface area contributed by atoms with E-state index in [1.54, 1.807) is 0 Å². The molecule has 0 spiro atoms. The molecular weight excluding hydrogens is 2080 g/mol. The number of rotatable bonds is 38. The second-order valence-corrected chi connectivity index (χ2v) is 43.7. The monoisotopic (exact) mass is 2160 g/mol. The quantitative estimate of drug-likeness (QED) is 0.0101. The van der Waals surface area contributed by atoms with Crippen LogP contribution in [0.5, 0.6) is 0 Å². The molecule has 0 aromatic carbocycles. The van der Waals surface area contributed by atoms with Gasteiger partial charge in [-0.25, -0.2) is 96.1 Å². The zero-order valence-electron chi connectivity index (χ0n) is 63.7. The van der Waals surface area contributed by atoms with E-state index in [0.29, 0.717) is 11.1 Å². The van der Waals surface area contributed by atoms with Crippen molar-refractivity contribution in [2.75, 3.05) is 45.4 Å². The Balaban J connectivity index is 0.000000307. The van der Waals surface area contributed by atoms with Crippen molar-refractivity contribution in [3.05, 3.63) is 119 Å². The summed E-state index contributed by atoms with van der Waals surface area (Å²) in [5.74, 6) is -7.31. The van der Waals surface area contributed by atoms with Crippen molar-refractivity contribution in [3.63, 3.8) is 0 Å². The van der Waals surface area contributed by atoms with E-state index < -0.39 is 259 Å². The van der Waals surface area contributed by atoms with Crippen LogP contribution in [0.3, 0.4) is 0 Å². The van der Waals surface area contributed by atoms with Crippen molar-refractivity contribution in [2.45, 2.75) is 110 Å². The van der Waals surface area contributed by atoms with E-state index in [1.807, 2.05) is 0 Å². The molecule has 1 amide bonds. The first-order valence-electron chi connectivity index (χ1n) is 32.8. The average molecular weight is 2160 g/mol. The average Bonchev–Trinajstić information content (AvgIpc) is 1.60. The van der Waals surface area contributed by atoms with Crippen molar-refractivity contribution in [3.8, 4) is 0 Å². The van der Waals surface area contributed by atoms with Crippen LogP contribution in [0, 0.1) is 0 Å². The van der Waals surface area contributed by atoms with Crippen LogP contribution >= 0.6 is 105 Å². The van der Waals surface area contributed by atoms with Crippen LogP contribution < -0.4 is 22.5 Å². The topological polar surface area (TPSA) is 1010 Å². The number of carbonyl (C=O) groups is 1. The largest absolute Gasteiger partial charge is 0.490 e. The number of alkyl halides is 6. The summed E-state index contributed by atoms with van der Waals surface area (Å²) in [6.07, 6.45) is -16.1. The van der Waals surface area contributed by atoms with Crippen LogP contribution in [0.4, 0.5) is 26.3 Å². The Morgan fingerprint density at radius 3 is 1.21 bits per heavy atom. The molecule has 27 N–H and O–H groups in total. The Kier molecular flexibility index (Phi) is 38.4. The van der Waals surface area contributed by atoms with Crippen molar-refractivity contribution in [1.29, 1.82) is 0 Å². The molecule has 66 nitrogen and oxygen atoms in total. The Morgan fingerprint density at radius 2 is 0.838 bits per heavy atom. The third-order valence-corrected chi connectivity index (χ3v) is 31.5. The van der Waals surface area contributed by atoms with Gasteiger partial charge >= 0.3 is 93.9 Å². The smallest absolute Gasteiger partial charge is 0.387 e. The number of amides is 1. The first-order valence-corrected chi connectivity index (χ1v) is 51.4. The number of aliphatic imine (C=N–C) groups is 3. The minimum absolute atomic E-state index is 0.0393. The maximum atomic E-state index is 15.0. The molecule has 740 valence electrons. The van der Waals surface area contributed by atoms with Crippen molar-refractivity contribution < 1.29 is 256 Å². The number of phosphoric acid groups is 12. The lowest BCUT2D eigenvalue weighted by atomic mass is 9.93. The first-order chi connectivity index (χ1) is 58.7.